The first kappa shape index (κ1) is 19.1. The molecule has 1 amide bonds. The van der Waals surface area contributed by atoms with Gasteiger partial charge >= 0.3 is 0 Å². The molecule has 0 heterocycles. The first-order valence-electron chi connectivity index (χ1n) is 7.36. The van der Waals surface area contributed by atoms with E-state index in [-0.39, 0.29) is 10.8 Å². The quantitative estimate of drug-likeness (QED) is 0.776. The van der Waals surface area contributed by atoms with Gasteiger partial charge < -0.3 is 4.90 Å². The third-order valence-corrected chi connectivity index (χ3v) is 5.40. The average molecular weight is 391 g/mol. The maximum absolute atomic E-state index is 12.7. The number of carbonyl (C=O) groups is 1. The van der Waals surface area contributed by atoms with Crippen molar-refractivity contribution < 1.29 is 13.2 Å². The zero-order valence-electron chi connectivity index (χ0n) is 13.2. The SMILES string of the molecule is CCC(CC)CN(CC)C(=O)c1cc(S(N)(=O)=O)ccc1Br. The molecule has 2 N–H and O–H groups in total. The van der Waals surface area contributed by atoms with Crippen LogP contribution in [0.25, 0.3) is 0 Å². The van der Waals surface area contributed by atoms with Crippen molar-refractivity contribution in [2.24, 2.45) is 11.1 Å². The van der Waals surface area contributed by atoms with Gasteiger partial charge in [-0.05, 0) is 47.0 Å². The molecule has 0 aliphatic rings. The highest BCUT2D eigenvalue weighted by molar-refractivity contribution is 9.10. The summed E-state index contributed by atoms with van der Waals surface area (Å²) in [7, 11) is -3.83. The molecule has 0 spiro atoms. The smallest absolute Gasteiger partial charge is 0.255 e. The topological polar surface area (TPSA) is 80.5 Å². The standard InChI is InChI=1S/C15H23BrN2O3S/c1-4-11(5-2)10-18(6-3)15(19)13-9-12(22(17,20)21)7-8-14(13)16/h7-9,11H,4-6,10H2,1-3H3,(H2,17,20,21). The lowest BCUT2D eigenvalue weighted by molar-refractivity contribution is 0.0733. The lowest BCUT2D eigenvalue weighted by Crippen LogP contribution is -2.35. The van der Waals surface area contributed by atoms with Crippen molar-refractivity contribution in [3.05, 3.63) is 28.2 Å². The molecule has 0 saturated heterocycles. The molecule has 0 aromatic heterocycles. The van der Waals surface area contributed by atoms with Crippen LogP contribution in [0.4, 0.5) is 0 Å². The van der Waals surface area contributed by atoms with Crippen LogP contribution in [0.15, 0.2) is 27.6 Å². The predicted molar refractivity (Wildman–Crippen MR) is 91.2 cm³/mol. The summed E-state index contributed by atoms with van der Waals surface area (Å²) in [5, 5.41) is 5.14. The fraction of sp³-hybridized carbons (Fsp3) is 0.533. The Kier molecular flexibility index (Phi) is 7.02. The van der Waals surface area contributed by atoms with Crippen LogP contribution in [0.2, 0.25) is 0 Å². The maximum Gasteiger partial charge on any atom is 0.255 e. The van der Waals surface area contributed by atoms with E-state index in [2.05, 4.69) is 29.8 Å². The van der Waals surface area contributed by atoms with Crippen LogP contribution in [0.5, 0.6) is 0 Å². The van der Waals surface area contributed by atoms with E-state index in [1.54, 1.807) is 4.90 Å². The van der Waals surface area contributed by atoms with Gasteiger partial charge in [0.05, 0.1) is 10.5 Å². The number of halogens is 1. The summed E-state index contributed by atoms with van der Waals surface area (Å²) in [6.45, 7) is 7.35. The Hall–Kier alpha value is -0.920. The van der Waals surface area contributed by atoms with E-state index in [4.69, 9.17) is 5.14 Å². The molecule has 0 fully saturated rings. The van der Waals surface area contributed by atoms with Gasteiger partial charge in [0.15, 0.2) is 0 Å². The number of nitrogens with two attached hydrogens (primary N) is 1. The molecule has 0 saturated carbocycles. The lowest BCUT2D eigenvalue weighted by Gasteiger charge is -2.26. The van der Waals surface area contributed by atoms with E-state index in [1.165, 1.54) is 18.2 Å². The van der Waals surface area contributed by atoms with E-state index in [0.717, 1.165) is 12.8 Å². The Morgan fingerprint density at radius 2 is 1.86 bits per heavy atom. The number of hydrogen-bond acceptors (Lipinski definition) is 3. The van der Waals surface area contributed by atoms with Gasteiger partial charge in [0.2, 0.25) is 10.0 Å². The molecule has 0 radical (unpaired) electrons. The number of sulfonamides is 1. The van der Waals surface area contributed by atoms with Crippen LogP contribution in [-0.4, -0.2) is 32.3 Å². The summed E-state index contributed by atoms with van der Waals surface area (Å²) in [6.07, 6.45) is 2.00. The van der Waals surface area contributed by atoms with E-state index in [1.807, 2.05) is 6.92 Å². The predicted octanol–water partition coefficient (Wildman–Crippen LogP) is 2.99. The first-order valence-corrected chi connectivity index (χ1v) is 9.70. The van der Waals surface area contributed by atoms with Gasteiger partial charge in [-0.25, -0.2) is 13.6 Å². The summed E-state index contributed by atoms with van der Waals surface area (Å²) < 4.78 is 23.5. The van der Waals surface area contributed by atoms with E-state index < -0.39 is 10.0 Å². The van der Waals surface area contributed by atoms with E-state index in [0.29, 0.717) is 29.0 Å². The molecule has 7 heteroatoms. The van der Waals surface area contributed by atoms with Crippen molar-refractivity contribution in [1.29, 1.82) is 0 Å². The van der Waals surface area contributed by atoms with Gasteiger partial charge in [0.25, 0.3) is 5.91 Å². The Labute approximate surface area is 141 Å². The van der Waals surface area contributed by atoms with Crippen molar-refractivity contribution in [2.75, 3.05) is 13.1 Å². The van der Waals surface area contributed by atoms with Crippen LogP contribution in [0.3, 0.4) is 0 Å². The molecule has 1 rings (SSSR count). The highest BCUT2D eigenvalue weighted by Gasteiger charge is 2.21. The Balaban J connectivity index is 3.14. The summed E-state index contributed by atoms with van der Waals surface area (Å²) in [5.41, 5.74) is 0.319. The molecule has 0 bridgehead atoms. The van der Waals surface area contributed by atoms with Gasteiger partial charge in [-0.15, -0.1) is 0 Å². The summed E-state index contributed by atoms with van der Waals surface area (Å²) in [6, 6.07) is 4.25. The normalized spacial score (nSPS) is 11.7. The second-order valence-electron chi connectivity index (χ2n) is 5.21. The lowest BCUT2D eigenvalue weighted by atomic mass is 10.0. The van der Waals surface area contributed by atoms with Gasteiger partial charge in [0.1, 0.15) is 0 Å². The zero-order valence-corrected chi connectivity index (χ0v) is 15.6. The molecule has 1 aromatic rings. The van der Waals surface area contributed by atoms with E-state index in [9.17, 15) is 13.2 Å². The van der Waals surface area contributed by atoms with E-state index >= 15 is 0 Å². The van der Waals surface area contributed by atoms with Crippen LogP contribution in [0, 0.1) is 5.92 Å². The highest BCUT2D eigenvalue weighted by atomic mass is 79.9. The molecule has 124 valence electrons. The minimum Gasteiger partial charge on any atom is -0.339 e. The number of carbonyl (C=O) groups excluding carboxylic acids is 1. The van der Waals surface area contributed by atoms with Crippen LogP contribution < -0.4 is 5.14 Å². The Morgan fingerprint density at radius 1 is 1.27 bits per heavy atom. The third kappa shape index (κ3) is 4.79. The van der Waals surface area contributed by atoms with Gasteiger partial charge in [-0.3, -0.25) is 4.79 Å². The first-order chi connectivity index (χ1) is 10.2. The minimum absolute atomic E-state index is 0.0577. The molecule has 22 heavy (non-hydrogen) atoms. The van der Waals surface area contributed by atoms with Crippen LogP contribution in [0.1, 0.15) is 44.0 Å². The minimum atomic E-state index is -3.83. The zero-order chi connectivity index (χ0) is 16.9. The molecule has 0 unspecified atom stereocenters. The fourth-order valence-corrected chi connectivity index (χ4v) is 3.19. The van der Waals surface area contributed by atoms with Crippen LogP contribution in [-0.2, 0) is 10.0 Å². The van der Waals surface area contributed by atoms with Crippen molar-refractivity contribution in [3.63, 3.8) is 0 Å². The number of hydrogen-bond donors (Lipinski definition) is 1. The molecule has 0 aliphatic heterocycles. The Bertz CT molecular complexity index is 628. The number of primary sulfonamides is 1. The second kappa shape index (κ2) is 8.08. The van der Waals surface area contributed by atoms with Gasteiger partial charge in [0, 0.05) is 17.6 Å². The molecule has 0 atom stereocenters. The number of nitrogens with zero attached hydrogens (tertiary/aromatic N) is 1. The average Bonchev–Trinajstić information content (AvgIpc) is 2.47. The maximum atomic E-state index is 12.7. The summed E-state index contributed by atoms with van der Waals surface area (Å²) in [4.78, 5) is 14.4. The highest BCUT2D eigenvalue weighted by Crippen LogP contribution is 2.23. The molecule has 1 aromatic carbocycles. The third-order valence-electron chi connectivity index (χ3n) is 3.80. The molecule has 5 nitrogen and oxygen atoms in total. The molecular weight excluding hydrogens is 368 g/mol. The van der Waals surface area contributed by atoms with Gasteiger partial charge in [-0.2, -0.15) is 0 Å². The van der Waals surface area contributed by atoms with Gasteiger partial charge in [-0.1, -0.05) is 26.7 Å². The van der Waals surface area contributed by atoms with Crippen molar-refractivity contribution >= 4 is 31.9 Å². The van der Waals surface area contributed by atoms with Crippen molar-refractivity contribution in [1.82, 2.24) is 4.90 Å². The molecule has 0 aliphatic carbocycles. The molecular formula is C15H23BrN2O3S. The summed E-state index contributed by atoms with van der Waals surface area (Å²) in [5.74, 6) is 0.246. The Morgan fingerprint density at radius 3 is 2.32 bits per heavy atom. The monoisotopic (exact) mass is 390 g/mol. The number of amides is 1. The van der Waals surface area contributed by atoms with Crippen molar-refractivity contribution in [3.8, 4) is 0 Å². The van der Waals surface area contributed by atoms with Crippen LogP contribution >= 0.6 is 15.9 Å². The largest absolute Gasteiger partial charge is 0.339 e. The fourth-order valence-electron chi connectivity index (χ4n) is 2.23. The number of rotatable bonds is 7. The van der Waals surface area contributed by atoms with Crippen molar-refractivity contribution in [2.45, 2.75) is 38.5 Å². The number of benzene rings is 1. The second-order valence-corrected chi connectivity index (χ2v) is 7.63. The summed E-state index contributed by atoms with van der Waals surface area (Å²) >= 11 is 3.31.